The van der Waals surface area contributed by atoms with Gasteiger partial charge in [0.25, 0.3) is 0 Å². The number of methoxy groups -OCH3 is 1. The fraction of sp³-hybridized carbons (Fsp3) is 0.667. The molecular weight excluding hydrogens is 340 g/mol. The van der Waals surface area contributed by atoms with E-state index in [0.29, 0.717) is 6.54 Å². The maximum Gasteiger partial charge on any atom is 0.191 e. The van der Waals surface area contributed by atoms with Gasteiger partial charge in [-0.3, -0.25) is 4.99 Å². The van der Waals surface area contributed by atoms with E-state index in [9.17, 15) is 0 Å². The number of hydrogen-bond acceptors (Lipinski definition) is 4. The largest absolute Gasteiger partial charge is 0.493 e. The number of ether oxygens (including phenoxy) is 2. The number of benzene rings is 1. The first-order valence-corrected chi connectivity index (χ1v) is 10.1. The van der Waals surface area contributed by atoms with E-state index >= 15 is 0 Å². The summed E-state index contributed by atoms with van der Waals surface area (Å²) >= 11 is 0. The van der Waals surface area contributed by atoms with Crippen LogP contribution in [0.15, 0.2) is 29.3 Å². The molecule has 27 heavy (non-hydrogen) atoms. The SMILES string of the molecule is CN=C(NCCCN1CCCCC1C)NCC(C)Oc1ccccc1OC. The van der Waals surface area contributed by atoms with Gasteiger partial charge in [-0.05, 0) is 51.8 Å². The van der Waals surface area contributed by atoms with Crippen LogP contribution >= 0.6 is 0 Å². The zero-order chi connectivity index (χ0) is 19.5. The third-order valence-electron chi connectivity index (χ3n) is 5.03. The molecule has 1 aliphatic rings. The summed E-state index contributed by atoms with van der Waals surface area (Å²) < 4.78 is 11.3. The molecule has 1 fully saturated rings. The van der Waals surface area contributed by atoms with Crippen molar-refractivity contribution in [1.82, 2.24) is 15.5 Å². The standard InChI is InChI=1S/C21H36N4O2/c1-17-10-7-8-14-25(17)15-9-13-23-21(22-3)24-16-18(2)27-20-12-6-5-11-19(20)26-4/h5-6,11-12,17-18H,7-10,13-16H2,1-4H3,(H2,22,23,24). The van der Waals surface area contributed by atoms with Gasteiger partial charge >= 0.3 is 0 Å². The Labute approximate surface area is 164 Å². The molecule has 6 nitrogen and oxygen atoms in total. The van der Waals surface area contributed by atoms with Crippen molar-refractivity contribution in [3.63, 3.8) is 0 Å². The normalized spacial score (nSPS) is 19.4. The summed E-state index contributed by atoms with van der Waals surface area (Å²) in [5, 5.41) is 6.73. The average Bonchev–Trinajstić information content (AvgIpc) is 2.69. The molecule has 1 aliphatic heterocycles. The van der Waals surface area contributed by atoms with E-state index in [0.717, 1.165) is 43.0 Å². The molecule has 2 unspecified atom stereocenters. The maximum atomic E-state index is 5.97. The van der Waals surface area contributed by atoms with Crippen molar-refractivity contribution in [3.8, 4) is 11.5 Å². The number of piperidine rings is 1. The van der Waals surface area contributed by atoms with Crippen molar-refractivity contribution >= 4 is 5.96 Å². The van der Waals surface area contributed by atoms with Crippen molar-refractivity contribution in [1.29, 1.82) is 0 Å². The van der Waals surface area contributed by atoms with E-state index in [4.69, 9.17) is 9.47 Å². The molecule has 0 aliphatic carbocycles. The topological polar surface area (TPSA) is 58.1 Å². The van der Waals surface area contributed by atoms with Gasteiger partial charge in [0.2, 0.25) is 0 Å². The molecule has 152 valence electrons. The number of guanidine groups is 1. The zero-order valence-electron chi connectivity index (χ0n) is 17.3. The summed E-state index contributed by atoms with van der Waals surface area (Å²) in [6, 6.07) is 8.43. The number of nitrogens with zero attached hydrogens (tertiary/aromatic N) is 2. The van der Waals surface area contributed by atoms with Gasteiger partial charge < -0.3 is 25.0 Å². The smallest absolute Gasteiger partial charge is 0.191 e. The molecule has 1 aromatic carbocycles. The zero-order valence-corrected chi connectivity index (χ0v) is 17.3. The molecular formula is C21H36N4O2. The lowest BCUT2D eigenvalue weighted by Gasteiger charge is -2.33. The predicted octanol–water partition coefficient (Wildman–Crippen LogP) is 2.89. The van der Waals surface area contributed by atoms with Gasteiger partial charge in [0.15, 0.2) is 17.5 Å². The summed E-state index contributed by atoms with van der Waals surface area (Å²) in [7, 11) is 3.45. The molecule has 1 saturated heterocycles. The Kier molecular flexibility index (Phi) is 9.25. The van der Waals surface area contributed by atoms with Crippen molar-refractivity contribution < 1.29 is 9.47 Å². The summed E-state index contributed by atoms with van der Waals surface area (Å²) in [6.07, 6.45) is 5.17. The van der Waals surface area contributed by atoms with E-state index in [2.05, 4.69) is 27.4 Å². The van der Waals surface area contributed by atoms with Gasteiger partial charge in [-0.15, -0.1) is 0 Å². The lowest BCUT2D eigenvalue weighted by molar-refractivity contribution is 0.159. The van der Waals surface area contributed by atoms with Crippen molar-refractivity contribution in [2.24, 2.45) is 4.99 Å². The lowest BCUT2D eigenvalue weighted by Crippen LogP contribution is -2.43. The van der Waals surface area contributed by atoms with Crippen molar-refractivity contribution in [3.05, 3.63) is 24.3 Å². The first kappa shape index (κ1) is 21.4. The van der Waals surface area contributed by atoms with Crippen LogP contribution in [-0.2, 0) is 0 Å². The number of para-hydroxylation sites is 2. The molecule has 0 saturated carbocycles. The van der Waals surface area contributed by atoms with Gasteiger partial charge in [0.05, 0.1) is 13.7 Å². The van der Waals surface area contributed by atoms with E-state index < -0.39 is 0 Å². The van der Waals surface area contributed by atoms with E-state index in [-0.39, 0.29) is 6.10 Å². The highest BCUT2D eigenvalue weighted by Gasteiger charge is 2.17. The molecule has 1 heterocycles. The van der Waals surface area contributed by atoms with Crippen LogP contribution in [0.25, 0.3) is 0 Å². The second-order valence-corrected chi connectivity index (χ2v) is 7.19. The second kappa shape index (κ2) is 11.7. The highest BCUT2D eigenvalue weighted by Crippen LogP contribution is 2.26. The van der Waals surface area contributed by atoms with Crippen LogP contribution in [0.4, 0.5) is 0 Å². The first-order chi connectivity index (χ1) is 13.1. The van der Waals surface area contributed by atoms with Crippen LogP contribution in [0.5, 0.6) is 11.5 Å². The number of nitrogens with one attached hydrogen (secondary N) is 2. The monoisotopic (exact) mass is 376 g/mol. The van der Waals surface area contributed by atoms with Crippen LogP contribution in [-0.4, -0.2) is 63.3 Å². The number of hydrogen-bond donors (Lipinski definition) is 2. The average molecular weight is 377 g/mol. The van der Waals surface area contributed by atoms with Gasteiger partial charge in [-0.25, -0.2) is 0 Å². The fourth-order valence-electron chi connectivity index (χ4n) is 3.41. The molecule has 0 spiro atoms. The maximum absolute atomic E-state index is 5.97. The summed E-state index contributed by atoms with van der Waals surface area (Å²) in [4.78, 5) is 6.90. The summed E-state index contributed by atoms with van der Waals surface area (Å²) in [5.41, 5.74) is 0. The Balaban J connectivity index is 1.65. The highest BCUT2D eigenvalue weighted by molar-refractivity contribution is 5.79. The Bertz CT molecular complexity index is 579. The van der Waals surface area contributed by atoms with Crippen LogP contribution in [0.2, 0.25) is 0 Å². The minimum absolute atomic E-state index is 0.00551. The van der Waals surface area contributed by atoms with Gasteiger partial charge in [0.1, 0.15) is 6.10 Å². The number of likely N-dealkylation sites (tertiary alicyclic amines) is 1. The molecule has 2 atom stereocenters. The minimum Gasteiger partial charge on any atom is -0.493 e. The van der Waals surface area contributed by atoms with E-state index in [1.807, 2.05) is 31.2 Å². The van der Waals surface area contributed by atoms with Gasteiger partial charge in [0, 0.05) is 26.2 Å². The van der Waals surface area contributed by atoms with Gasteiger partial charge in [-0.2, -0.15) is 0 Å². The number of aliphatic imine (C=N–C) groups is 1. The molecule has 2 rings (SSSR count). The minimum atomic E-state index is -0.00551. The molecule has 0 bridgehead atoms. The Morgan fingerprint density at radius 2 is 2.04 bits per heavy atom. The Hall–Kier alpha value is -1.95. The highest BCUT2D eigenvalue weighted by atomic mass is 16.5. The predicted molar refractivity (Wildman–Crippen MR) is 112 cm³/mol. The molecule has 0 radical (unpaired) electrons. The molecule has 2 N–H and O–H groups in total. The Morgan fingerprint density at radius 3 is 2.74 bits per heavy atom. The van der Waals surface area contributed by atoms with Crippen LogP contribution in [0.1, 0.15) is 39.5 Å². The van der Waals surface area contributed by atoms with E-state index in [1.165, 1.54) is 25.8 Å². The summed E-state index contributed by atoms with van der Waals surface area (Å²) in [6.45, 7) is 8.36. The lowest BCUT2D eigenvalue weighted by atomic mass is 10.0. The van der Waals surface area contributed by atoms with Crippen LogP contribution < -0.4 is 20.1 Å². The third kappa shape index (κ3) is 7.29. The summed E-state index contributed by atoms with van der Waals surface area (Å²) in [5.74, 6) is 2.32. The van der Waals surface area contributed by atoms with Gasteiger partial charge in [-0.1, -0.05) is 18.6 Å². The van der Waals surface area contributed by atoms with Crippen molar-refractivity contribution in [2.75, 3.05) is 40.3 Å². The molecule has 0 amide bonds. The van der Waals surface area contributed by atoms with Crippen LogP contribution in [0.3, 0.4) is 0 Å². The quantitative estimate of drug-likeness (QED) is 0.394. The van der Waals surface area contributed by atoms with Crippen molar-refractivity contribution in [2.45, 2.75) is 51.7 Å². The van der Waals surface area contributed by atoms with Crippen LogP contribution in [0, 0.1) is 0 Å². The molecule has 6 heteroatoms. The molecule has 1 aromatic rings. The van der Waals surface area contributed by atoms with E-state index in [1.54, 1.807) is 14.2 Å². The fourth-order valence-corrected chi connectivity index (χ4v) is 3.41. The Morgan fingerprint density at radius 1 is 1.26 bits per heavy atom. The number of rotatable bonds is 9. The second-order valence-electron chi connectivity index (χ2n) is 7.19. The molecule has 0 aromatic heterocycles. The first-order valence-electron chi connectivity index (χ1n) is 10.1. The third-order valence-corrected chi connectivity index (χ3v) is 5.03.